The fraction of sp³-hybridized carbons (Fsp3) is 0.120. The number of benzene rings is 3. The van der Waals surface area contributed by atoms with Crippen molar-refractivity contribution in [2.75, 3.05) is 16.5 Å². The Hall–Kier alpha value is -4.08. The van der Waals surface area contributed by atoms with Gasteiger partial charge in [0.2, 0.25) is 5.82 Å². The Labute approximate surface area is 196 Å². The number of rotatable bonds is 3. The van der Waals surface area contributed by atoms with Crippen LogP contribution in [0.5, 0.6) is 0 Å². The molecule has 0 amide bonds. The maximum Gasteiger partial charge on any atom is 0.451 e. The van der Waals surface area contributed by atoms with E-state index in [1.807, 2.05) is 0 Å². The van der Waals surface area contributed by atoms with Crippen LogP contribution in [-0.4, -0.2) is 16.6 Å². The zero-order chi connectivity index (χ0) is 24.8. The van der Waals surface area contributed by atoms with Gasteiger partial charge in [0.1, 0.15) is 18.1 Å². The van der Waals surface area contributed by atoms with Gasteiger partial charge in [-0.1, -0.05) is 48.5 Å². The third kappa shape index (κ3) is 4.27. The van der Waals surface area contributed by atoms with E-state index in [9.17, 15) is 26.3 Å². The second-order valence-corrected chi connectivity index (χ2v) is 7.81. The number of fused-ring (bicyclic) bond motifs is 1. The minimum Gasteiger partial charge on any atom is -0.318 e. The molecule has 4 aromatic rings. The Bertz CT molecular complexity index is 1340. The number of alkyl halides is 6. The van der Waals surface area contributed by atoms with Crippen LogP contribution in [0.3, 0.4) is 0 Å². The predicted octanol–water partition coefficient (Wildman–Crippen LogP) is 7.43. The molecule has 0 saturated heterocycles. The highest BCUT2D eigenvalue weighted by atomic mass is 19.4. The topological polar surface area (TPSA) is 32.3 Å². The highest BCUT2D eigenvalue weighted by molar-refractivity contribution is 5.93. The van der Waals surface area contributed by atoms with E-state index in [1.54, 1.807) is 65.6 Å². The molecule has 0 fully saturated rings. The molecule has 0 atom stereocenters. The molecule has 0 unspecified atom stereocenters. The lowest BCUT2D eigenvalue weighted by Gasteiger charge is -2.22. The van der Waals surface area contributed by atoms with E-state index in [0.717, 1.165) is 12.1 Å². The van der Waals surface area contributed by atoms with Gasteiger partial charge in [-0.3, -0.25) is 0 Å². The molecule has 1 aliphatic rings. The van der Waals surface area contributed by atoms with Gasteiger partial charge in [0, 0.05) is 16.9 Å². The van der Waals surface area contributed by atoms with Crippen LogP contribution in [0.15, 0.2) is 84.9 Å². The summed E-state index contributed by atoms with van der Waals surface area (Å²) in [6, 6.07) is 21.6. The number of halogens is 6. The first-order chi connectivity index (χ1) is 16.6. The standard InChI is InChI=1S/C25H16F6N4/c26-24(27,28)17-11-13-19(14-12-17)35-15-34(18-9-5-2-6-10-18)21-20(16-7-3-1-4-8-16)32-23(25(29,30)31)33-22(21)35/h1-14H,15H2. The van der Waals surface area contributed by atoms with Crippen molar-refractivity contribution in [2.24, 2.45) is 0 Å². The van der Waals surface area contributed by atoms with Crippen molar-refractivity contribution in [3.63, 3.8) is 0 Å². The van der Waals surface area contributed by atoms with Crippen LogP contribution in [-0.2, 0) is 12.4 Å². The molecule has 4 nitrogen and oxygen atoms in total. The van der Waals surface area contributed by atoms with Crippen LogP contribution in [0.25, 0.3) is 11.3 Å². The summed E-state index contributed by atoms with van der Waals surface area (Å²) < 4.78 is 80.6. The van der Waals surface area contributed by atoms with Gasteiger partial charge in [0.15, 0.2) is 5.82 Å². The minimum absolute atomic E-state index is 0.0283. The normalized spacial score (nSPS) is 13.8. The van der Waals surface area contributed by atoms with Crippen molar-refractivity contribution in [2.45, 2.75) is 12.4 Å². The molecular weight excluding hydrogens is 470 g/mol. The summed E-state index contributed by atoms with van der Waals surface area (Å²) in [6.07, 6.45) is -9.37. The Morgan fingerprint density at radius 3 is 1.74 bits per heavy atom. The molecule has 1 aliphatic heterocycles. The van der Waals surface area contributed by atoms with Crippen molar-refractivity contribution in [1.82, 2.24) is 9.97 Å². The minimum atomic E-state index is -4.83. The summed E-state index contributed by atoms with van der Waals surface area (Å²) in [7, 11) is 0. The summed E-state index contributed by atoms with van der Waals surface area (Å²) in [5.41, 5.74) is 0.930. The van der Waals surface area contributed by atoms with Crippen molar-refractivity contribution >= 4 is 22.9 Å². The number of hydrogen-bond acceptors (Lipinski definition) is 4. The Balaban J connectivity index is 1.74. The average molecular weight is 486 g/mol. The lowest BCUT2D eigenvalue weighted by molar-refractivity contribution is -0.144. The fourth-order valence-electron chi connectivity index (χ4n) is 3.94. The van der Waals surface area contributed by atoms with Gasteiger partial charge in [-0.15, -0.1) is 0 Å². The summed E-state index contributed by atoms with van der Waals surface area (Å²) in [6.45, 7) is 0.0283. The van der Waals surface area contributed by atoms with Crippen molar-refractivity contribution < 1.29 is 26.3 Å². The van der Waals surface area contributed by atoms with Crippen LogP contribution in [0.2, 0.25) is 0 Å². The predicted molar refractivity (Wildman–Crippen MR) is 120 cm³/mol. The number of hydrogen-bond donors (Lipinski definition) is 0. The maximum atomic E-state index is 13.8. The molecule has 0 saturated carbocycles. The third-order valence-electron chi connectivity index (χ3n) is 5.55. The molecule has 10 heteroatoms. The third-order valence-corrected chi connectivity index (χ3v) is 5.55. The second-order valence-electron chi connectivity index (χ2n) is 7.81. The van der Waals surface area contributed by atoms with Crippen molar-refractivity contribution in [3.8, 4) is 11.3 Å². The highest BCUT2D eigenvalue weighted by Crippen LogP contribution is 2.49. The monoisotopic (exact) mass is 486 g/mol. The molecule has 0 N–H and O–H groups in total. The van der Waals surface area contributed by atoms with Crippen molar-refractivity contribution in [1.29, 1.82) is 0 Å². The van der Waals surface area contributed by atoms with Crippen LogP contribution in [0, 0.1) is 0 Å². The first-order valence-corrected chi connectivity index (χ1v) is 10.4. The average Bonchev–Trinajstić information content (AvgIpc) is 3.23. The Morgan fingerprint density at radius 2 is 1.17 bits per heavy atom. The molecule has 0 bridgehead atoms. The molecule has 1 aromatic heterocycles. The fourth-order valence-corrected chi connectivity index (χ4v) is 3.94. The second kappa shape index (κ2) is 8.30. The quantitative estimate of drug-likeness (QED) is 0.282. The van der Waals surface area contributed by atoms with Crippen molar-refractivity contribution in [3.05, 3.63) is 96.3 Å². The Morgan fingerprint density at radius 1 is 0.600 bits per heavy atom. The molecule has 178 valence electrons. The molecular formula is C25H16F6N4. The largest absolute Gasteiger partial charge is 0.451 e. The molecule has 5 rings (SSSR count). The molecule has 0 radical (unpaired) electrons. The molecule has 0 aliphatic carbocycles. The number of nitrogens with zero attached hydrogens (tertiary/aromatic N) is 4. The van der Waals surface area contributed by atoms with Gasteiger partial charge >= 0.3 is 12.4 Å². The number of anilines is 4. The molecule has 3 aromatic carbocycles. The van der Waals surface area contributed by atoms with Gasteiger partial charge < -0.3 is 9.80 Å². The first-order valence-electron chi connectivity index (χ1n) is 10.4. The summed E-state index contributed by atoms with van der Waals surface area (Å²) in [5.74, 6) is -1.38. The van der Waals surface area contributed by atoms with Gasteiger partial charge in [0.05, 0.1) is 5.56 Å². The summed E-state index contributed by atoms with van der Waals surface area (Å²) in [5, 5.41) is 0. The smallest absolute Gasteiger partial charge is 0.318 e. The lowest BCUT2D eigenvalue weighted by atomic mass is 10.1. The zero-order valence-electron chi connectivity index (χ0n) is 17.8. The molecule has 35 heavy (non-hydrogen) atoms. The zero-order valence-corrected chi connectivity index (χ0v) is 17.8. The van der Waals surface area contributed by atoms with Gasteiger partial charge in [-0.2, -0.15) is 26.3 Å². The summed E-state index contributed by atoms with van der Waals surface area (Å²) in [4.78, 5) is 10.9. The number of aromatic nitrogens is 2. The SMILES string of the molecule is FC(F)(F)c1ccc(N2CN(c3ccccc3)c3c(-c4ccccc4)nc(C(F)(F)F)nc32)cc1. The van der Waals surface area contributed by atoms with Crippen LogP contribution >= 0.6 is 0 Å². The van der Waals surface area contributed by atoms with Crippen LogP contribution < -0.4 is 9.80 Å². The van der Waals surface area contributed by atoms with Crippen LogP contribution in [0.1, 0.15) is 11.4 Å². The van der Waals surface area contributed by atoms with E-state index in [4.69, 9.17) is 0 Å². The highest BCUT2D eigenvalue weighted by Gasteiger charge is 2.41. The van der Waals surface area contributed by atoms with Gasteiger partial charge in [0.25, 0.3) is 0 Å². The lowest BCUT2D eigenvalue weighted by Crippen LogP contribution is -2.24. The maximum absolute atomic E-state index is 13.8. The van der Waals surface area contributed by atoms with Crippen LogP contribution in [0.4, 0.5) is 49.2 Å². The first kappa shape index (κ1) is 22.7. The van der Waals surface area contributed by atoms with E-state index >= 15 is 0 Å². The van der Waals surface area contributed by atoms with E-state index in [2.05, 4.69) is 9.97 Å². The Kier molecular flexibility index (Phi) is 5.38. The number of para-hydroxylation sites is 1. The molecule has 0 spiro atoms. The van der Waals surface area contributed by atoms with E-state index in [-0.39, 0.29) is 23.9 Å². The van der Waals surface area contributed by atoms with E-state index in [0.29, 0.717) is 16.9 Å². The van der Waals surface area contributed by atoms with E-state index in [1.165, 1.54) is 17.0 Å². The molecule has 2 heterocycles. The van der Waals surface area contributed by atoms with E-state index < -0.39 is 23.7 Å². The summed E-state index contributed by atoms with van der Waals surface area (Å²) >= 11 is 0. The van der Waals surface area contributed by atoms with Gasteiger partial charge in [-0.05, 0) is 36.4 Å². The van der Waals surface area contributed by atoms with Gasteiger partial charge in [-0.25, -0.2) is 9.97 Å².